The number of ether oxygens (including phenoxy) is 1. The summed E-state index contributed by atoms with van der Waals surface area (Å²) in [5.41, 5.74) is 2.41. The molecule has 3 aromatic rings. The number of pyridine rings is 1. The molecule has 0 aromatic carbocycles. The van der Waals surface area contributed by atoms with Crippen LogP contribution in [0, 0.1) is 12.8 Å². The molecule has 0 bridgehead atoms. The van der Waals surface area contributed by atoms with Crippen LogP contribution in [0.4, 0.5) is 0 Å². The smallest absolute Gasteiger partial charge is 0.339 e. The fourth-order valence-corrected chi connectivity index (χ4v) is 4.40. The molecule has 152 valence electrons. The van der Waals surface area contributed by atoms with Gasteiger partial charge < -0.3 is 9.64 Å². The van der Waals surface area contributed by atoms with E-state index < -0.39 is 5.97 Å². The standard InChI is InChI=1S/C21H24N4O3S/c1-13-6-8-25(9-7-13)18(26)12-28-21(27)15-11-16(17-5-4-10-29-17)22-20-19(15)14(2)23-24(20)3/h4-5,10-11,13H,6-9,12H2,1-3H3. The van der Waals surface area contributed by atoms with Crippen molar-refractivity contribution < 1.29 is 14.3 Å². The average Bonchev–Trinajstić information content (AvgIpc) is 3.34. The molecule has 1 fully saturated rings. The number of piperidine rings is 1. The Morgan fingerprint density at radius 1 is 1.31 bits per heavy atom. The van der Waals surface area contributed by atoms with Crippen molar-refractivity contribution in [1.29, 1.82) is 0 Å². The lowest BCUT2D eigenvalue weighted by atomic mass is 9.99. The Bertz CT molecular complexity index is 1050. The summed E-state index contributed by atoms with van der Waals surface area (Å²) in [4.78, 5) is 32.8. The van der Waals surface area contributed by atoms with Crippen LogP contribution in [0.5, 0.6) is 0 Å². The van der Waals surface area contributed by atoms with Gasteiger partial charge in [-0.05, 0) is 43.2 Å². The minimum Gasteiger partial charge on any atom is -0.452 e. The summed E-state index contributed by atoms with van der Waals surface area (Å²) in [7, 11) is 1.80. The van der Waals surface area contributed by atoms with Gasteiger partial charge in [-0.1, -0.05) is 13.0 Å². The monoisotopic (exact) mass is 412 g/mol. The van der Waals surface area contributed by atoms with Gasteiger partial charge in [0.2, 0.25) is 0 Å². The maximum Gasteiger partial charge on any atom is 0.339 e. The number of fused-ring (bicyclic) bond motifs is 1. The number of carbonyl (C=O) groups is 2. The summed E-state index contributed by atoms with van der Waals surface area (Å²) < 4.78 is 7.09. The molecule has 3 aromatic heterocycles. The van der Waals surface area contributed by atoms with Gasteiger partial charge in [0, 0.05) is 20.1 Å². The van der Waals surface area contributed by atoms with Gasteiger partial charge >= 0.3 is 5.97 Å². The number of aryl methyl sites for hydroxylation is 2. The molecule has 4 heterocycles. The summed E-state index contributed by atoms with van der Waals surface area (Å²) in [5, 5.41) is 7.03. The summed E-state index contributed by atoms with van der Waals surface area (Å²) in [6, 6.07) is 5.63. The third-order valence-corrected chi connectivity index (χ3v) is 6.32. The van der Waals surface area contributed by atoms with Gasteiger partial charge in [-0.15, -0.1) is 11.3 Å². The number of carbonyl (C=O) groups excluding carboxylic acids is 2. The van der Waals surface area contributed by atoms with Crippen molar-refractivity contribution in [3.8, 4) is 10.6 Å². The van der Waals surface area contributed by atoms with Crippen molar-refractivity contribution >= 4 is 34.2 Å². The molecule has 0 radical (unpaired) electrons. The zero-order valence-electron chi connectivity index (χ0n) is 16.8. The van der Waals surface area contributed by atoms with Crippen molar-refractivity contribution in [3.63, 3.8) is 0 Å². The first kappa shape index (κ1) is 19.6. The van der Waals surface area contributed by atoms with Crippen LogP contribution in [0.15, 0.2) is 23.6 Å². The van der Waals surface area contributed by atoms with Gasteiger partial charge in [-0.3, -0.25) is 9.48 Å². The second kappa shape index (κ2) is 7.94. The predicted octanol–water partition coefficient (Wildman–Crippen LogP) is 3.42. The van der Waals surface area contributed by atoms with E-state index in [4.69, 9.17) is 4.74 Å². The molecular formula is C21H24N4O3S. The fraction of sp³-hybridized carbons (Fsp3) is 0.429. The topological polar surface area (TPSA) is 77.3 Å². The molecule has 0 N–H and O–H groups in total. The Kier molecular flexibility index (Phi) is 5.36. The van der Waals surface area contributed by atoms with Gasteiger partial charge in [0.25, 0.3) is 5.91 Å². The van der Waals surface area contributed by atoms with E-state index in [1.165, 1.54) is 0 Å². The minimum absolute atomic E-state index is 0.142. The molecule has 8 heteroatoms. The molecule has 0 saturated carbocycles. The average molecular weight is 413 g/mol. The molecule has 0 aliphatic carbocycles. The van der Waals surface area contributed by atoms with Crippen LogP contribution < -0.4 is 0 Å². The number of aromatic nitrogens is 3. The molecular weight excluding hydrogens is 388 g/mol. The van der Waals surface area contributed by atoms with Crippen molar-refractivity contribution in [2.75, 3.05) is 19.7 Å². The van der Waals surface area contributed by atoms with Crippen molar-refractivity contribution in [2.24, 2.45) is 13.0 Å². The van der Waals surface area contributed by atoms with E-state index in [0.29, 0.717) is 33.9 Å². The highest BCUT2D eigenvalue weighted by atomic mass is 32.1. The number of hydrogen-bond acceptors (Lipinski definition) is 6. The van der Waals surface area contributed by atoms with Crippen LogP contribution in [-0.2, 0) is 16.6 Å². The minimum atomic E-state index is -0.523. The normalized spacial score (nSPS) is 15.1. The van der Waals surface area contributed by atoms with E-state index in [2.05, 4.69) is 17.0 Å². The van der Waals surface area contributed by atoms with E-state index in [1.54, 1.807) is 34.0 Å². The first-order valence-electron chi connectivity index (χ1n) is 9.77. The molecule has 0 spiro atoms. The van der Waals surface area contributed by atoms with Crippen LogP contribution in [0.3, 0.4) is 0 Å². The third-order valence-electron chi connectivity index (χ3n) is 5.43. The zero-order chi connectivity index (χ0) is 20.5. The molecule has 1 amide bonds. The van der Waals surface area contributed by atoms with Gasteiger partial charge in [-0.25, -0.2) is 9.78 Å². The van der Waals surface area contributed by atoms with E-state index in [-0.39, 0.29) is 12.5 Å². The van der Waals surface area contributed by atoms with Crippen molar-refractivity contribution in [3.05, 3.63) is 34.8 Å². The quantitative estimate of drug-likeness (QED) is 0.614. The van der Waals surface area contributed by atoms with Crippen LogP contribution in [0.25, 0.3) is 21.6 Å². The molecule has 29 heavy (non-hydrogen) atoms. The highest BCUT2D eigenvalue weighted by molar-refractivity contribution is 7.13. The number of amides is 1. The van der Waals surface area contributed by atoms with Crippen molar-refractivity contribution in [1.82, 2.24) is 19.7 Å². The fourth-order valence-electron chi connectivity index (χ4n) is 3.71. The predicted molar refractivity (Wildman–Crippen MR) is 112 cm³/mol. The summed E-state index contributed by atoms with van der Waals surface area (Å²) in [5.74, 6) is -0.0297. The number of likely N-dealkylation sites (tertiary alicyclic amines) is 1. The molecule has 0 atom stereocenters. The Hall–Kier alpha value is -2.74. The second-order valence-electron chi connectivity index (χ2n) is 7.58. The van der Waals surface area contributed by atoms with Crippen LogP contribution in [0.1, 0.15) is 35.8 Å². The number of hydrogen-bond donors (Lipinski definition) is 0. The molecule has 7 nitrogen and oxygen atoms in total. The van der Waals surface area contributed by atoms with Crippen molar-refractivity contribution in [2.45, 2.75) is 26.7 Å². The Morgan fingerprint density at radius 3 is 2.76 bits per heavy atom. The van der Waals surface area contributed by atoms with Gasteiger partial charge in [0.15, 0.2) is 12.3 Å². The Morgan fingerprint density at radius 2 is 2.07 bits per heavy atom. The maximum absolute atomic E-state index is 12.9. The lowest BCUT2D eigenvalue weighted by molar-refractivity contribution is -0.135. The summed E-state index contributed by atoms with van der Waals surface area (Å²) >= 11 is 1.55. The van der Waals surface area contributed by atoms with Crippen LogP contribution in [0.2, 0.25) is 0 Å². The van der Waals surface area contributed by atoms with Gasteiger partial charge in [-0.2, -0.15) is 5.10 Å². The van der Waals surface area contributed by atoms with Gasteiger partial charge in [0.1, 0.15) is 0 Å². The largest absolute Gasteiger partial charge is 0.452 e. The summed E-state index contributed by atoms with van der Waals surface area (Å²) in [6.45, 7) is 5.23. The first-order chi connectivity index (χ1) is 13.9. The van der Waals surface area contributed by atoms with E-state index >= 15 is 0 Å². The Balaban J connectivity index is 1.59. The molecule has 1 aliphatic rings. The van der Waals surface area contributed by atoms with E-state index in [9.17, 15) is 9.59 Å². The van der Waals surface area contributed by atoms with E-state index in [1.807, 2.05) is 24.4 Å². The van der Waals surface area contributed by atoms with Gasteiger partial charge in [0.05, 0.1) is 27.2 Å². The van der Waals surface area contributed by atoms with Crippen LogP contribution >= 0.6 is 11.3 Å². The highest BCUT2D eigenvalue weighted by Gasteiger charge is 2.24. The second-order valence-corrected chi connectivity index (χ2v) is 8.53. The number of nitrogens with zero attached hydrogens (tertiary/aromatic N) is 4. The molecule has 0 unspecified atom stereocenters. The SMILES string of the molecule is Cc1nn(C)c2nc(-c3cccs3)cc(C(=O)OCC(=O)N3CCC(C)CC3)c12. The lowest BCUT2D eigenvalue weighted by Crippen LogP contribution is -2.40. The highest BCUT2D eigenvalue weighted by Crippen LogP contribution is 2.29. The molecule has 4 rings (SSSR count). The Labute approximate surface area is 173 Å². The van der Waals surface area contributed by atoms with E-state index in [0.717, 1.165) is 30.8 Å². The zero-order valence-corrected chi connectivity index (χ0v) is 17.7. The number of esters is 1. The molecule has 1 saturated heterocycles. The third kappa shape index (κ3) is 3.89. The van der Waals surface area contributed by atoms with Crippen LogP contribution in [-0.4, -0.2) is 51.2 Å². The summed E-state index contributed by atoms with van der Waals surface area (Å²) in [6.07, 6.45) is 1.98. The first-order valence-corrected chi connectivity index (χ1v) is 10.6. The maximum atomic E-state index is 12.9. The number of rotatable bonds is 4. The molecule has 1 aliphatic heterocycles. The number of thiophene rings is 1. The lowest BCUT2D eigenvalue weighted by Gasteiger charge is -2.30.